The summed E-state index contributed by atoms with van der Waals surface area (Å²) in [5, 5.41) is 0. The molecule has 1 aliphatic rings. The molecule has 0 saturated heterocycles. The zero-order valence-electron chi connectivity index (χ0n) is 8.47. The van der Waals surface area contributed by atoms with Crippen LogP contribution in [0.4, 0.5) is 14.5 Å². The zero-order chi connectivity index (χ0) is 10.8. The molecule has 2 rings (SSSR count). The molecule has 0 N–H and O–H groups in total. The standard InChI is InChI=1S/C12H13F2N/c1-2-5-15-6-3-4-9-7-10(13)8-11(14)12(9)15/h2,7-8H,1,3-6H2. The van der Waals surface area contributed by atoms with E-state index in [9.17, 15) is 8.78 Å². The third-order valence-corrected chi connectivity index (χ3v) is 2.65. The Kier molecular flexibility index (Phi) is 2.71. The summed E-state index contributed by atoms with van der Waals surface area (Å²) in [4.78, 5) is 1.90. The minimum absolute atomic E-state index is 0.466. The second-order valence-electron chi connectivity index (χ2n) is 3.73. The Morgan fingerprint density at radius 1 is 1.40 bits per heavy atom. The molecule has 1 aromatic carbocycles. The SMILES string of the molecule is C=CCN1CCCc2cc(F)cc(F)c21. The quantitative estimate of drug-likeness (QED) is 0.677. The highest BCUT2D eigenvalue weighted by Gasteiger charge is 2.20. The van der Waals surface area contributed by atoms with Crippen molar-refractivity contribution in [3.05, 3.63) is 42.0 Å². The molecule has 1 nitrogen and oxygen atoms in total. The molecule has 0 saturated carbocycles. The molecule has 1 heterocycles. The number of hydrogen-bond donors (Lipinski definition) is 0. The van der Waals surface area contributed by atoms with Gasteiger partial charge < -0.3 is 4.90 Å². The summed E-state index contributed by atoms with van der Waals surface area (Å²) in [5.74, 6) is -0.960. The summed E-state index contributed by atoms with van der Waals surface area (Å²) in [6.45, 7) is 5.05. The van der Waals surface area contributed by atoms with Gasteiger partial charge in [-0.05, 0) is 24.5 Å². The van der Waals surface area contributed by atoms with Crippen LogP contribution in [0.1, 0.15) is 12.0 Å². The molecule has 0 spiro atoms. The molecule has 0 aliphatic carbocycles. The van der Waals surface area contributed by atoms with Gasteiger partial charge in [-0.15, -0.1) is 6.58 Å². The smallest absolute Gasteiger partial charge is 0.149 e. The molecule has 0 radical (unpaired) electrons. The van der Waals surface area contributed by atoms with Crippen LogP contribution in [0.25, 0.3) is 0 Å². The van der Waals surface area contributed by atoms with Gasteiger partial charge in [0, 0.05) is 19.2 Å². The molecule has 3 heteroatoms. The molecule has 0 bridgehead atoms. The van der Waals surface area contributed by atoms with Crippen LogP contribution in [0.15, 0.2) is 24.8 Å². The third-order valence-electron chi connectivity index (χ3n) is 2.65. The fourth-order valence-electron chi connectivity index (χ4n) is 2.07. The van der Waals surface area contributed by atoms with E-state index >= 15 is 0 Å². The number of fused-ring (bicyclic) bond motifs is 1. The molecule has 0 atom stereocenters. The van der Waals surface area contributed by atoms with Crippen LogP contribution >= 0.6 is 0 Å². The summed E-state index contributed by atoms with van der Waals surface area (Å²) in [5.41, 5.74) is 1.31. The second kappa shape index (κ2) is 4.01. The van der Waals surface area contributed by atoms with Gasteiger partial charge in [0.15, 0.2) is 0 Å². The van der Waals surface area contributed by atoms with Crippen molar-refractivity contribution in [1.29, 1.82) is 0 Å². The molecule has 15 heavy (non-hydrogen) atoms. The van der Waals surface area contributed by atoms with Crippen molar-refractivity contribution in [2.45, 2.75) is 12.8 Å². The Balaban J connectivity index is 2.45. The fourth-order valence-corrected chi connectivity index (χ4v) is 2.07. The summed E-state index contributed by atoms with van der Waals surface area (Å²) < 4.78 is 26.6. The van der Waals surface area contributed by atoms with Gasteiger partial charge in [0.2, 0.25) is 0 Å². The lowest BCUT2D eigenvalue weighted by Crippen LogP contribution is -2.30. The van der Waals surface area contributed by atoms with E-state index in [4.69, 9.17) is 0 Å². The lowest BCUT2D eigenvalue weighted by atomic mass is 10.0. The van der Waals surface area contributed by atoms with Crippen molar-refractivity contribution in [2.75, 3.05) is 18.0 Å². The monoisotopic (exact) mass is 209 g/mol. The van der Waals surface area contributed by atoms with Crippen molar-refractivity contribution in [3.63, 3.8) is 0 Å². The van der Waals surface area contributed by atoms with Crippen LogP contribution in [0, 0.1) is 11.6 Å². The van der Waals surface area contributed by atoms with Crippen molar-refractivity contribution in [2.24, 2.45) is 0 Å². The number of aryl methyl sites for hydroxylation is 1. The summed E-state index contributed by atoms with van der Waals surface area (Å²) in [6, 6.07) is 2.37. The van der Waals surface area contributed by atoms with Crippen molar-refractivity contribution in [1.82, 2.24) is 0 Å². The lowest BCUT2D eigenvalue weighted by molar-refractivity contribution is 0.566. The third kappa shape index (κ3) is 1.87. The van der Waals surface area contributed by atoms with Crippen molar-refractivity contribution >= 4 is 5.69 Å². The molecular weight excluding hydrogens is 196 g/mol. The molecular formula is C12H13F2N. The van der Waals surface area contributed by atoms with Gasteiger partial charge in [-0.1, -0.05) is 6.08 Å². The predicted octanol–water partition coefficient (Wildman–Crippen LogP) is 2.90. The van der Waals surface area contributed by atoms with Crippen molar-refractivity contribution < 1.29 is 8.78 Å². The van der Waals surface area contributed by atoms with E-state index in [1.807, 2.05) is 4.90 Å². The van der Waals surface area contributed by atoms with Crippen LogP contribution in [0.5, 0.6) is 0 Å². The lowest BCUT2D eigenvalue weighted by Gasteiger charge is -2.30. The van der Waals surface area contributed by atoms with Gasteiger partial charge in [-0.3, -0.25) is 0 Å². The highest BCUT2D eigenvalue weighted by atomic mass is 19.1. The van der Waals surface area contributed by atoms with E-state index in [0.717, 1.165) is 31.0 Å². The highest BCUT2D eigenvalue weighted by molar-refractivity contribution is 5.57. The minimum Gasteiger partial charge on any atom is -0.365 e. The zero-order valence-corrected chi connectivity index (χ0v) is 8.47. The van der Waals surface area contributed by atoms with E-state index in [0.29, 0.717) is 12.2 Å². The Bertz CT molecular complexity index is 387. The maximum Gasteiger partial charge on any atom is 0.149 e. The summed E-state index contributed by atoms with van der Waals surface area (Å²) in [6.07, 6.45) is 3.42. The van der Waals surface area contributed by atoms with E-state index in [2.05, 4.69) is 6.58 Å². The highest BCUT2D eigenvalue weighted by Crippen LogP contribution is 2.30. The Hall–Kier alpha value is -1.38. The molecule has 0 amide bonds. The van der Waals surface area contributed by atoms with Crippen LogP contribution < -0.4 is 4.90 Å². The van der Waals surface area contributed by atoms with Gasteiger partial charge >= 0.3 is 0 Å². The summed E-state index contributed by atoms with van der Waals surface area (Å²) in [7, 11) is 0. The first-order valence-corrected chi connectivity index (χ1v) is 5.06. The van der Waals surface area contributed by atoms with Gasteiger partial charge in [-0.25, -0.2) is 8.78 Å². The first kappa shape index (κ1) is 10.1. The number of rotatable bonds is 2. The number of nitrogens with zero attached hydrogens (tertiary/aromatic N) is 1. The van der Waals surface area contributed by atoms with Gasteiger partial charge in [0.05, 0.1) is 5.69 Å². The minimum atomic E-state index is -0.494. The molecule has 80 valence electrons. The van der Waals surface area contributed by atoms with Gasteiger partial charge in [-0.2, -0.15) is 0 Å². The van der Waals surface area contributed by atoms with Crippen LogP contribution in [-0.4, -0.2) is 13.1 Å². The van der Waals surface area contributed by atoms with Crippen molar-refractivity contribution in [3.8, 4) is 0 Å². The Labute approximate surface area is 88.0 Å². The Morgan fingerprint density at radius 3 is 2.93 bits per heavy atom. The normalized spacial score (nSPS) is 14.9. The number of benzene rings is 1. The first-order chi connectivity index (χ1) is 7.22. The van der Waals surface area contributed by atoms with E-state index in [1.165, 1.54) is 6.07 Å². The molecule has 0 fully saturated rings. The first-order valence-electron chi connectivity index (χ1n) is 5.06. The largest absolute Gasteiger partial charge is 0.365 e. The van der Waals surface area contributed by atoms with Crippen LogP contribution in [0.3, 0.4) is 0 Å². The summed E-state index contributed by atoms with van der Waals surface area (Å²) >= 11 is 0. The Morgan fingerprint density at radius 2 is 2.20 bits per heavy atom. The maximum absolute atomic E-state index is 13.6. The van der Waals surface area contributed by atoms with E-state index < -0.39 is 11.6 Å². The second-order valence-corrected chi connectivity index (χ2v) is 3.73. The van der Waals surface area contributed by atoms with E-state index in [1.54, 1.807) is 6.08 Å². The average Bonchev–Trinajstić information content (AvgIpc) is 2.17. The number of halogens is 2. The molecule has 1 aliphatic heterocycles. The van der Waals surface area contributed by atoms with Crippen LogP contribution in [0.2, 0.25) is 0 Å². The maximum atomic E-state index is 13.6. The topological polar surface area (TPSA) is 3.24 Å². The molecule has 0 unspecified atom stereocenters. The molecule has 0 aromatic heterocycles. The number of anilines is 1. The van der Waals surface area contributed by atoms with Gasteiger partial charge in [0.25, 0.3) is 0 Å². The number of hydrogen-bond acceptors (Lipinski definition) is 1. The van der Waals surface area contributed by atoms with Gasteiger partial charge in [0.1, 0.15) is 11.6 Å². The van der Waals surface area contributed by atoms with Crippen LogP contribution in [-0.2, 0) is 6.42 Å². The molecule has 1 aromatic rings. The average molecular weight is 209 g/mol. The van der Waals surface area contributed by atoms with E-state index in [-0.39, 0.29) is 0 Å². The predicted molar refractivity (Wildman–Crippen MR) is 57.1 cm³/mol. The fraction of sp³-hybridized carbons (Fsp3) is 0.333.